The van der Waals surface area contributed by atoms with Gasteiger partial charge in [0.05, 0.1) is 13.0 Å². The highest BCUT2D eigenvalue weighted by Gasteiger charge is 2.46. The fourth-order valence-electron chi connectivity index (χ4n) is 6.51. The van der Waals surface area contributed by atoms with Crippen molar-refractivity contribution in [1.82, 2.24) is 0 Å². The molecule has 1 aliphatic heterocycles. The first-order valence-corrected chi connectivity index (χ1v) is 24.6. The van der Waals surface area contributed by atoms with Gasteiger partial charge in [0.1, 0.15) is 36.8 Å². The quantitative estimate of drug-likeness (QED) is 0.0201. The monoisotopic (exact) mass is 881 g/mol. The molecule has 0 aliphatic carbocycles. The van der Waals surface area contributed by atoms with Gasteiger partial charge in [0.2, 0.25) is 0 Å². The molecule has 4 N–H and O–H groups in total. The average Bonchev–Trinajstić information content (AvgIpc) is 3.22. The molecule has 6 unspecified atom stereocenters. The minimum Gasteiger partial charge on any atom is -0.462 e. The summed E-state index contributed by atoms with van der Waals surface area (Å²) in [5.41, 5.74) is 0. The molecule has 0 aromatic heterocycles. The van der Waals surface area contributed by atoms with Crippen LogP contribution in [0.5, 0.6) is 0 Å². The summed E-state index contributed by atoms with van der Waals surface area (Å²) in [5, 5.41) is 30.9. The Bertz CT molecular complexity index is 1400. The van der Waals surface area contributed by atoms with Gasteiger partial charge in [-0.3, -0.25) is 14.1 Å². The summed E-state index contributed by atoms with van der Waals surface area (Å²) in [4.78, 5) is 25.4. The molecule has 1 saturated heterocycles. The molecule has 0 aromatic rings. The second-order valence-corrected chi connectivity index (χ2v) is 17.2. The predicted octanol–water partition coefficient (Wildman–Crippen LogP) is 9.50. The number of rotatable bonds is 37. The summed E-state index contributed by atoms with van der Waals surface area (Å²) in [6, 6.07) is 0. The third kappa shape index (κ3) is 32.4. The molecule has 0 radical (unpaired) electrons. The minimum atomic E-state index is -4.62. The van der Waals surface area contributed by atoms with Gasteiger partial charge < -0.3 is 34.3 Å². The Morgan fingerprint density at radius 2 is 1.08 bits per heavy atom. The van der Waals surface area contributed by atoms with Crippen molar-refractivity contribution in [3.8, 4) is 0 Å². The van der Waals surface area contributed by atoms with Crippen LogP contribution in [0.25, 0.3) is 0 Å². The third-order valence-electron chi connectivity index (χ3n) is 10.1. The number of esters is 2. The van der Waals surface area contributed by atoms with Gasteiger partial charge in [-0.1, -0.05) is 157 Å². The fraction of sp³-hybridized carbons (Fsp3) is 0.708. The van der Waals surface area contributed by atoms with E-state index in [0.29, 0.717) is 12.8 Å². The van der Waals surface area contributed by atoms with E-state index < -0.39 is 71.2 Å². The number of unbranched alkanes of at least 4 members (excludes halogenated alkanes) is 14. The number of allylic oxidation sites excluding steroid dienone is 11. The van der Waals surface area contributed by atoms with E-state index in [2.05, 4.69) is 62.5 Å². The Morgan fingerprint density at radius 1 is 0.590 bits per heavy atom. The molecule has 0 spiro atoms. The van der Waals surface area contributed by atoms with Gasteiger partial charge >= 0.3 is 11.9 Å². The lowest BCUT2D eigenvalue weighted by atomic mass is 10.00. The van der Waals surface area contributed by atoms with Gasteiger partial charge in [-0.2, -0.15) is 8.42 Å². The summed E-state index contributed by atoms with van der Waals surface area (Å²) in [6.07, 6.45) is 38.3. The summed E-state index contributed by atoms with van der Waals surface area (Å²) in [5.74, 6) is -2.16. The molecule has 13 heteroatoms. The van der Waals surface area contributed by atoms with E-state index in [1.54, 1.807) is 6.08 Å². The maximum Gasteiger partial charge on any atom is 0.310 e. The minimum absolute atomic E-state index is 0.0716. The number of hydrogen-bond donors (Lipinski definition) is 4. The van der Waals surface area contributed by atoms with Crippen molar-refractivity contribution in [2.45, 2.75) is 198 Å². The van der Waals surface area contributed by atoms with E-state index >= 15 is 0 Å². The van der Waals surface area contributed by atoms with Crippen LogP contribution in [0.15, 0.2) is 72.9 Å². The molecule has 1 rings (SSSR count). The third-order valence-corrected chi connectivity index (χ3v) is 10.8. The Kier molecular flexibility index (Phi) is 34.6. The first-order valence-electron chi connectivity index (χ1n) is 23.0. The molecule has 12 nitrogen and oxygen atoms in total. The summed E-state index contributed by atoms with van der Waals surface area (Å²) in [7, 11) is -4.62. The summed E-state index contributed by atoms with van der Waals surface area (Å²) >= 11 is 0. The van der Waals surface area contributed by atoms with Crippen molar-refractivity contribution in [3.05, 3.63) is 72.9 Å². The number of carbonyl (C=O) groups is 2. The largest absolute Gasteiger partial charge is 0.462 e. The second kappa shape index (κ2) is 37.6. The zero-order chi connectivity index (χ0) is 44.8. The Balaban J connectivity index is 2.49. The number of ether oxygens (including phenoxy) is 4. The zero-order valence-corrected chi connectivity index (χ0v) is 38.1. The molecule has 0 amide bonds. The highest BCUT2D eigenvalue weighted by molar-refractivity contribution is 7.85. The molecule has 1 fully saturated rings. The van der Waals surface area contributed by atoms with Crippen LogP contribution in [0.2, 0.25) is 0 Å². The SMILES string of the molecule is CC/C=C\C/C=C\C/C=C\C/C=C\C/C=C\CC(=O)OC(COC(=O)CCCCCCCCC/C=C\CCCCCCCCC)COC1OC(CS(=O)(=O)O)C(O)C(O)C1O. The van der Waals surface area contributed by atoms with Gasteiger partial charge in [0, 0.05) is 6.42 Å². The van der Waals surface area contributed by atoms with Crippen LogP contribution >= 0.6 is 0 Å². The van der Waals surface area contributed by atoms with Crippen LogP contribution in [-0.2, 0) is 38.7 Å². The average molecular weight is 881 g/mol. The normalized spacial score (nSPS) is 20.7. The van der Waals surface area contributed by atoms with E-state index in [0.717, 1.165) is 57.8 Å². The van der Waals surface area contributed by atoms with E-state index in [4.69, 9.17) is 18.9 Å². The van der Waals surface area contributed by atoms with E-state index in [-0.39, 0.29) is 19.4 Å². The van der Waals surface area contributed by atoms with Crippen LogP contribution in [0.1, 0.15) is 162 Å². The highest BCUT2D eigenvalue weighted by atomic mass is 32.2. The first kappa shape index (κ1) is 56.1. The fourth-order valence-corrected chi connectivity index (χ4v) is 7.20. The molecular weight excluding hydrogens is 801 g/mol. The number of hydrogen-bond acceptors (Lipinski definition) is 11. The Labute approximate surface area is 368 Å². The van der Waals surface area contributed by atoms with Crippen LogP contribution < -0.4 is 0 Å². The van der Waals surface area contributed by atoms with Crippen molar-refractivity contribution in [3.63, 3.8) is 0 Å². The maximum atomic E-state index is 12.7. The van der Waals surface area contributed by atoms with Gasteiger partial charge in [-0.25, -0.2) is 0 Å². The molecule has 6 atom stereocenters. The molecule has 61 heavy (non-hydrogen) atoms. The highest BCUT2D eigenvalue weighted by Crippen LogP contribution is 2.24. The van der Waals surface area contributed by atoms with E-state index in [1.807, 2.05) is 18.2 Å². The standard InChI is InChI=1S/C48H80O12S/c1-3-5-7-9-11-13-15-17-19-20-21-23-24-26-28-30-32-34-36-43(49)57-38-41(39-58-48-47(53)46(52)45(51)42(60-48)40-61(54,55)56)59-44(50)37-35-33-31-29-27-25-22-18-16-14-12-10-8-6-4-2/h6,8,12,14,18-20,22,27,29,33,35,41-42,45-48,51-53H,3-5,7,9-11,13,15-17,21,23-26,28,30-32,34,36-40H2,1-2H3,(H,54,55,56)/b8-6-,14-12-,20-19-,22-18-,29-27-,35-33-. The van der Waals surface area contributed by atoms with E-state index in [9.17, 15) is 37.9 Å². The topological polar surface area (TPSA) is 186 Å². The van der Waals surface area contributed by atoms with Crippen molar-refractivity contribution in [2.75, 3.05) is 19.0 Å². The summed E-state index contributed by atoms with van der Waals surface area (Å²) in [6.45, 7) is 3.55. The number of aliphatic hydroxyl groups is 3. The smallest absolute Gasteiger partial charge is 0.310 e. The van der Waals surface area contributed by atoms with Crippen LogP contribution in [0.4, 0.5) is 0 Å². The van der Waals surface area contributed by atoms with Gasteiger partial charge in [0.15, 0.2) is 12.4 Å². The maximum absolute atomic E-state index is 12.7. The lowest BCUT2D eigenvalue weighted by molar-refractivity contribution is -0.297. The second-order valence-electron chi connectivity index (χ2n) is 15.7. The molecule has 350 valence electrons. The number of carbonyl (C=O) groups excluding carboxylic acids is 2. The van der Waals surface area contributed by atoms with Crippen molar-refractivity contribution >= 4 is 22.1 Å². The van der Waals surface area contributed by atoms with Crippen molar-refractivity contribution in [2.24, 2.45) is 0 Å². The zero-order valence-electron chi connectivity index (χ0n) is 37.2. The molecular formula is C48H80O12S. The van der Waals surface area contributed by atoms with Crippen LogP contribution in [-0.4, -0.2) is 96.0 Å². The number of aliphatic hydroxyl groups excluding tert-OH is 3. The lowest BCUT2D eigenvalue weighted by Crippen LogP contribution is -2.60. The van der Waals surface area contributed by atoms with Gasteiger partial charge in [0.25, 0.3) is 10.1 Å². The van der Waals surface area contributed by atoms with Gasteiger partial charge in [-0.15, -0.1) is 0 Å². The summed E-state index contributed by atoms with van der Waals surface area (Å²) < 4.78 is 53.9. The van der Waals surface area contributed by atoms with E-state index in [1.165, 1.54) is 64.2 Å². The Hall–Kier alpha value is -2.91. The van der Waals surface area contributed by atoms with Crippen molar-refractivity contribution in [1.29, 1.82) is 0 Å². The predicted molar refractivity (Wildman–Crippen MR) is 242 cm³/mol. The molecule has 1 heterocycles. The van der Waals surface area contributed by atoms with Crippen LogP contribution in [0.3, 0.4) is 0 Å². The Morgan fingerprint density at radius 3 is 1.61 bits per heavy atom. The molecule has 0 aromatic carbocycles. The molecule has 0 bridgehead atoms. The lowest BCUT2D eigenvalue weighted by Gasteiger charge is -2.40. The molecule has 0 saturated carbocycles. The van der Waals surface area contributed by atoms with Crippen molar-refractivity contribution < 1.29 is 56.8 Å². The van der Waals surface area contributed by atoms with Crippen LogP contribution in [0, 0.1) is 0 Å². The molecule has 1 aliphatic rings. The van der Waals surface area contributed by atoms with Gasteiger partial charge in [-0.05, 0) is 64.2 Å². The first-order chi connectivity index (χ1) is 29.5.